The Hall–Kier alpha value is -1.89. The molecule has 0 bridgehead atoms. The minimum atomic E-state index is -0.678. The maximum Gasteiger partial charge on any atom is 0.333 e. The molecule has 0 aromatic rings. The molecule has 1 fully saturated rings. The van der Waals surface area contributed by atoms with Crippen LogP contribution in [0.15, 0.2) is 11.6 Å². The largest absolute Gasteiger partial charge is 0.463 e. The van der Waals surface area contributed by atoms with Crippen molar-refractivity contribution in [2.24, 2.45) is 17.3 Å². The number of likely N-dealkylation sites (tertiary alicyclic amines) is 1. The Kier molecular flexibility index (Phi) is 10.4. The van der Waals surface area contributed by atoms with Crippen LogP contribution in [-0.2, 0) is 19.1 Å². The summed E-state index contributed by atoms with van der Waals surface area (Å²) in [5.74, 6) is -0.0807. The van der Waals surface area contributed by atoms with Crippen LogP contribution < -0.4 is 5.32 Å². The molecule has 4 atom stereocenters. The Labute approximate surface area is 194 Å². The van der Waals surface area contributed by atoms with Gasteiger partial charge in [-0.2, -0.15) is 0 Å². The molecule has 2 amide bonds. The van der Waals surface area contributed by atoms with Crippen LogP contribution in [0.4, 0.5) is 0 Å². The van der Waals surface area contributed by atoms with E-state index in [0.717, 1.165) is 19.4 Å². The van der Waals surface area contributed by atoms with Gasteiger partial charge in [0.25, 0.3) is 0 Å². The van der Waals surface area contributed by atoms with Gasteiger partial charge in [0, 0.05) is 12.6 Å². The van der Waals surface area contributed by atoms with Gasteiger partial charge in [0.2, 0.25) is 11.8 Å². The zero-order valence-electron chi connectivity index (χ0n) is 21.8. The lowest BCUT2D eigenvalue weighted by Crippen LogP contribution is -2.60. The first-order valence-corrected chi connectivity index (χ1v) is 11.8. The first kappa shape index (κ1) is 28.1. The zero-order valence-corrected chi connectivity index (χ0v) is 21.8. The van der Waals surface area contributed by atoms with Crippen LogP contribution in [0.5, 0.6) is 0 Å². The number of hydrogen-bond donors (Lipinski definition) is 1. The number of likely N-dealkylation sites (N-methyl/N-ethyl adjacent to an activating group) is 2. The Morgan fingerprint density at radius 1 is 1.25 bits per heavy atom. The standard InChI is InChI=1S/C25H45N3O4/c1-11-32-24(31)18(5)15-19(16(2)3)28(10)23(30)21(25(6,7)8)26-22(29)20-14-17(4)12-13-27(20)9/h15-17,19-21H,11-14H2,1-10H3,(H,26,29)/t17-,19-,20+,21-/m1/s1. The topological polar surface area (TPSA) is 79.0 Å². The van der Waals surface area contributed by atoms with Crippen molar-refractivity contribution in [3.8, 4) is 0 Å². The average Bonchev–Trinajstić information content (AvgIpc) is 2.69. The van der Waals surface area contributed by atoms with E-state index in [1.54, 1.807) is 31.9 Å². The van der Waals surface area contributed by atoms with Crippen molar-refractivity contribution in [3.05, 3.63) is 11.6 Å². The lowest BCUT2D eigenvalue weighted by molar-refractivity contribution is -0.142. The van der Waals surface area contributed by atoms with Crippen molar-refractivity contribution in [2.75, 3.05) is 27.2 Å². The van der Waals surface area contributed by atoms with Crippen molar-refractivity contribution >= 4 is 17.8 Å². The van der Waals surface area contributed by atoms with E-state index in [4.69, 9.17) is 4.74 Å². The first-order valence-electron chi connectivity index (χ1n) is 11.8. The number of ether oxygens (including phenoxy) is 1. The van der Waals surface area contributed by atoms with Crippen molar-refractivity contribution < 1.29 is 19.1 Å². The number of carbonyl (C=O) groups is 3. The normalized spacial score (nSPS) is 22.3. The Morgan fingerprint density at radius 2 is 1.84 bits per heavy atom. The third kappa shape index (κ3) is 7.61. The van der Waals surface area contributed by atoms with Crippen molar-refractivity contribution in [1.29, 1.82) is 0 Å². The van der Waals surface area contributed by atoms with Gasteiger partial charge in [0.05, 0.1) is 18.7 Å². The van der Waals surface area contributed by atoms with Crippen LogP contribution in [0.3, 0.4) is 0 Å². The molecule has 0 spiro atoms. The van der Waals surface area contributed by atoms with E-state index in [9.17, 15) is 14.4 Å². The SMILES string of the molecule is CCOC(=O)C(C)=C[C@H](C(C)C)N(C)C(=O)[C@@H](NC(=O)[C@@H]1C[C@H](C)CCN1C)C(C)(C)C. The van der Waals surface area contributed by atoms with Crippen molar-refractivity contribution in [3.63, 3.8) is 0 Å². The summed E-state index contributed by atoms with van der Waals surface area (Å²) >= 11 is 0. The highest BCUT2D eigenvalue weighted by Crippen LogP contribution is 2.26. The van der Waals surface area contributed by atoms with E-state index < -0.39 is 11.5 Å². The molecule has 1 N–H and O–H groups in total. The summed E-state index contributed by atoms with van der Waals surface area (Å²) in [7, 11) is 3.70. The smallest absolute Gasteiger partial charge is 0.333 e. The molecule has 7 nitrogen and oxygen atoms in total. The molecule has 1 rings (SSSR count). The molecule has 1 heterocycles. The maximum absolute atomic E-state index is 13.6. The van der Waals surface area contributed by atoms with E-state index in [1.807, 2.05) is 41.7 Å². The van der Waals surface area contributed by atoms with Gasteiger partial charge in [0.15, 0.2) is 0 Å². The summed E-state index contributed by atoms with van der Waals surface area (Å²) < 4.78 is 5.09. The number of carbonyl (C=O) groups excluding carboxylic acids is 3. The lowest BCUT2D eigenvalue weighted by Gasteiger charge is -2.40. The van der Waals surface area contributed by atoms with Crippen LogP contribution in [0, 0.1) is 17.3 Å². The number of nitrogens with zero attached hydrogens (tertiary/aromatic N) is 2. The maximum atomic E-state index is 13.6. The summed E-state index contributed by atoms with van der Waals surface area (Å²) in [6.45, 7) is 16.7. The molecular weight excluding hydrogens is 406 g/mol. The highest BCUT2D eigenvalue weighted by Gasteiger charge is 2.39. The third-order valence-corrected chi connectivity index (χ3v) is 6.33. The van der Waals surface area contributed by atoms with Crippen LogP contribution >= 0.6 is 0 Å². The summed E-state index contributed by atoms with van der Waals surface area (Å²) in [5, 5.41) is 3.06. The fourth-order valence-electron chi connectivity index (χ4n) is 4.12. The van der Waals surface area contributed by atoms with E-state index in [-0.39, 0.29) is 35.8 Å². The van der Waals surface area contributed by atoms with E-state index in [0.29, 0.717) is 18.1 Å². The second kappa shape index (κ2) is 11.8. The van der Waals surface area contributed by atoms with Gasteiger partial charge in [-0.15, -0.1) is 0 Å². The second-order valence-corrected chi connectivity index (χ2v) is 10.7. The molecule has 0 aromatic heterocycles. The summed E-state index contributed by atoms with van der Waals surface area (Å²) in [6, 6.07) is -1.21. The summed E-state index contributed by atoms with van der Waals surface area (Å²) in [4.78, 5) is 42.6. The quantitative estimate of drug-likeness (QED) is 0.453. The number of rotatable bonds is 8. The van der Waals surface area contributed by atoms with Crippen molar-refractivity contribution in [1.82, 2.24) is 15.1 Å². The molecular formula is C25H45N3O4. The van der Waals surface area contributed by atoms with Gasteiger partial charge < -0.3 is 15.0 Å². The van der Waals surface area contributed by atoms with Gasteiger partial charge in [-0.1, -0.05) is 47.6 Å². The molecule has 0 saturated carbocycles. The summed E-state index contributed by atoms with van der Waals surface area (Å²) in [5.41, 5.74) is 0.000687. The monoisotopic (exact) mass is 451 g/mol. The van der Waals surface area contributed by atoms with Crippen molar-refractivity contribution in [2.45, 2.75) is 86.4 Å². The molecule has 1 saturated heterocycles. The fraction of sp³-hybridized carbons (Fsp3) is 0.800. The molecule has 0 radical (unpaired) electrons. The minimum absolute atomic E-state index is 0.0787. The number of piperidine rings is 1. The minimum Gasteiger partial charge on any atom is -0.463 e. The molecule has 0 unspecified atom stereocenters. The van der Waals surface area contributed by atoms with Gasteiger partial charge in [0.1, 0.15) is 6.04 Å². The highest BCUT2D eigenvalue weighted by molar-refractivity contribution is 5.91. The second-order valence-electron chi connectivity index (χ2n) is 10.7. The predicted molar refractivity (Wildman–Crippen MR) is 128 cm³/mol. The Morgan fingerprint density at radius 3 is 2.34 bits per heavy atom. The number of hydrogen-bond acceptors (Lipinski definition) is 5. The predicted octanol–water partition coefficient (Wildman–Crippen LogP) is 3.24. The zero-order chi connectivity index (χ0) is 24.8. The first-order chi connectivity index (χ1) is 14.7. The Bertz CT molecular complexity index is 696. The molecule has 1 aliphatic heterocycles. The van der Waals surface area contributed by atoms with Crippen LogP contribution in [0.25, 0.3) is 0 Å². The number of amides is 2. The van der Waals surface area contributed by atoms with Crippen LogP contribution in [-0.4, -0.2) is 73.0 Å². The number of esters is 1. The molecule has 1 aliphatic rings. The molecule has 0 aromatic carbocycles. The highest BCUT2D eigenvalue weighted by atomic mass is 16.5. The van der Waals surface area contributed by atoms with E-state index in [1.165, 1.54) is 0 Å². The fourth-order valence-corrected chi connectivity index (χ4v) is 4.12. The molecule has 7 heteroatoms. The Balaban J connectivity index is 3.12. The van der Waals surface area contributed by atoms with Gasteiger partial charge >= 0.3 is 5.97 Å². The van der Waals surface area contributed by atoms with E-state index in [2.05, 4.69) is 17.1 Å². The van der Waals surface area contributed by atoms with Gasteiger partial charge in [-0.05, 0) is 57.5 Å². The third-order valence-electron chi connectivity index (χ3n) is 6.33. The molecule has 184 valence electrons. The molecule has 0 aliphatic carbocycles. The van der Waals surface area contributed by atoms with Gasteiger partial charge in [-0.25, -0.2) is 4.79 Å². The van der Waals surface area contributed by atoms with E-state index >= 15 is 0 Å². The lowest BCUT2D eigenvalue weighted by atomic mass is 9.84. The molecule has 32 heavy (non-hydrogen) atoms. The average molecular weight is 452 g/mol. The number of nitrogens with one attached hydrogen (secondary N) is 1. The van der Waals surface area contributed by atoms with Crippen LogP contribution in [0.1, 0.15) is 68.2 Å². The summed E-state index contributed by atoms with van der Waals surface area (Å²) in [6.07, 6.45) is 3.66. The van der Waals surface area contributed by atoms with Crippen LogP contribution in [0.2, 0.25) is 0 Å². The van der Waals surface area contributed by atoms with Gasteiger partial charge in [-0.3, -0.25) is 14.5 Å².